The van der Waals surface area contributed by atoms with Gasteiger partial charge in [0.25, 0.3) is 11.8 Å². The van der Waals surface area contributed by atoms with E-state index in [1.807, 2.05) is 0 Å². The second kappa shape index (κ2) is 13.1. The van der Waals surface area contributed by atoms with Gasteiger partial charge in [-0.3, -0.25) is 19.2 Å². The number of benzene rings is 2. The van der Waals surface area contributed by atoms with Crippen LogP contribution in [-0.2, 0) is 37.5 Å². The van der Waals surface area contributed by atoms with Crippen LogP contribution < -0.4 is 10.2 Å². The molecule has 2 aliphatic rings. The van der Waals surface area contributed by atoms with Crippen molar-refractivity contribution in [1.29, 1.82) is 0 Å². The number of sulfonamides is 1. The highest BCUT2D eigenvalue weighted by molar-refractivity contribution is 7.88. The van der Waals surface area contributed by atoms with Gasteiger partial charge in [0, 0.05) is 32.4 Å². The Hall–Kier alpha value is -3.29. The Balaban J connectivity index is 1.51. The van der Waals surface area contributed by atoms with Gasteiger partial charge in [-0.2, -0.15) is 0 Å². The largest absolute Gasteiger partial charge is 0.481 e. The molecule has 0 radical (unpaired) electrons. The minimum atomic E-state index is -3.57. The van der Waals surface area contributed by atoms with Crippen molar-refractivity contribution in [2.45, 2.75) is 62.8 Å². The monoisotopic (exact) mass is 645 g/mol. The van der Waals surface area contributed by atoms with Crippen LogP contribution in [0.4, 0.5) is 0 Å². The van der Waals surface area contributed by atoms with Crippen molar-refractivity contribution in [3.8, 4) is 0 Å². The van der Waals surface area contributed by atoms with E-state index < -0.39 is 45.9 Å². The third-order valence-corrected chi connectivity index (χ3v) is 9.79. The first-order chi connectivity index (χ1) is 20.5. The molecule has 2 heterocycles. The van der Waals surface area contributed by atoms with E-state index in [9.17, 15) is 22.8 Å². The Bertz CT molecular complexity index is 1610. The van der Waals surface area contributed by atoms with Crippen molar-refractivity contribution in [3.05, 3.63) is 92.1 Å². The van der Waals surface area contributed by atoms with Gasteiger partial charge in [0.1, 0.15) is 6.61 Å². The number of rotatable bonds is 10. The van der Waals surface area contributed by atoms with Gasteiger partial charge in [-0.1, -0.05) is 54.8 Å². The van der Waals surface area contributed by atoms with Crippen LogP contribution in [0.15, 0.2) is 60.7 Å². The van der Waals surface area contributed by atoms with Crippen LogP contribution in [0, 0.1) is 0 Å². The van der Waals surface area contributed by atoms with Gasteiger partial charge in [-0.05, 0) is 54.3 Å². The summed E-state index contributed by atoms with van der Waals surface area (Å²) in [6.07, 6.45) is 3.74. The fourth-order valence-corrected chi connectivity index (χ4v) is 7.93. The van der Waals surface area contributed by atoms with E-state index in [2.05, 4.69) is 10.2 Å². The molecule has 0 spiro atoms. The molecule has 2 amide bonds. The maximum Gasteiger partial charge on any atom is 0.308 e. The molecular weight excluding hydrogens is 614 g/mol. The molecule has 0 saturated heterocycles. The fourth-order valence-electron chi connectivity index (χ4n) is 6.06. The van der Waals surface area contributed by atoms with Crippen molar-refractivity contribution >= 4 is 50.7 Å². The van der Waals surface area contributed by atoms with E-state index in [1.165, 1.54) is 11.3 Å². The normalized spacial score (nSPS) is 22.2. The second-order valence-electron chi connectivity index (χ2n) is 10.8. The summed E-state index contributed by atoms with van der Waals surface area (Å²) in [7, 11) is -3.57. The Kier molecular flexibility index (Phi) is 9.52. The molecule has 4 atom stereocenters. The summed E-state index contributed by atoms with van der Waals surface area (Å²) in [6.45, 7) is 0.0294. The molecule has 43 heavy (non-hydrogen) atoms. The zero-order chi connectivity index (χ0) is 30.7. The van der Waals surface area contributed by atoms with E-state index in [1.54, 1.807) is 65.6 Å². The molecule has 228 valence electrons. The van der Waals surface area contributed by atoms with Crippen LogP contribution >= 0.6 is 22.9 Å². The summed E-state index contributed by atoms with van der Waals surface area (Å²) in [4.78, 5) is 48.0. The zero-order valence-electron chi connectivity index (χ0n) is 23.4. The number of nitrogens with zero attached hydrogens (tertiary/aromatic N) is 1. The van der Waals surface area contributed by atoms with Crippen LogP contribution in [0.3, 0.4) is 0 Å². The van der Waals surface area contributed by atoms with Gasteiger partial charge >= 0.3 is 5.97 Å². The van der Waals surface area contributed by atoms with E-state index in [0.717, 1.165) is 24.0 Å². The molecule has 13 heteroatoms. The number of amides is 2. The molecule has 0 unspecified atom stereocenters. The van der Waals surface area contributed by atoms with Crippen molar-refractivity contribution in [2.75, 3.05) is 6.26 Å². The molecule has 1 aromatic heterocycles. The number of carbonyl (C=O) groups excluding carboxylic acids is 2. The molecule has 1 fully saturated rings. The van der Waals surface area contributed by atoms with E-state index >= 15 is 0 Å². The summed E-state index contributed by atoms with van der Waals surface area (Å²) in [5.41, 5.74) is 4.14. The van der Waals surface area contributed by atoms with Crippen LogP contribution in [0.25, 0.3) is 0 Å². The highest BCUT2D eigenvalue weighted by Gasteiger charge is 2.49. The minimum Gasteiger partial charge on any atom is -0.481 e. The van der Waals surface area contributed by atoms with Gasteiger partial charge in [0.15, 0.2) is 0 Å². The number of hydrogen-bond acceptors (Lipinski definition) is 7. The van der Waals surface area contributed by atoms with Crippen molar-refractivity contribution in [2.24, 2.45) is 0 Å². The predicted molar refractivity (Wildman–Crippen MR) is 162 cm³/mol. The number of carboxylic acids is 1. The topological polar surface area (TPSA) is 142 Å². The summed E-state index contributed by atoms with van der Waals surface area (Å²) in [6, 6.07) is 15.6. The van der Waals surface area contributed by atoms with Crippen LogP contribution in [0.2, 0.25) is 5.02 Å². The Morgan fingerprint density at radius 3 is 2.47 bits per heavy atom. The number of carboxylic acid groups (broad SMARTS) is 1. The molecule has 5 rings (SSSR count). The highest BCUT2D eigenvalue weighted by Crippen LogP contribution is 2.46. The van der Waals surface area contributed by atoms with Crippen molar-refractivity contribution in [3.63, 3.8) is 0 Å². The fraction of sp³-hybridized carbons (Fsp3) is 0.367. The predicted octanol–water partition coefficient (Wildman–Crippen LogP) is 4.42. The lowest BCUT2D eigenvalue weighted by Crippen LogP contribution is -2.59. The molecule has 10 nitrogen and oxygen atoms in total. The van der Waals surface area contributed by atoms with Crippen LogP contribution in [-0.4, -0.2) is 54.5 Å². The van der Waals surface area contributed by atoms with Gasteiger partial charge in [-0.25, -0.2) is 18.6 Å². The maximum absolute atomic E-state index is 14.2. The summed E-state index contributed by atoms with van der Waals surface area (Å²) < 4.78 is 27.4. The van der Waals surface area contributed by atoms with Crippen LogP contribution in [0.5, 0.6) is 0 Å². The lowest BCUT2D eigenvalue weighted by molar-refractivity contribution is -0.138. The quantitative estimate of drug-likeness (QED) is 0.277. The summed E-state index contributed by atoms with van der Waals surface area (Å²) in [5, 5.41) is 9.53. The van der Waals surface area contributed by atoms with Gasteiger partial charge in [-0.15, -0.1) is 11.3 Å². The lowest BCUT2D eigenvalue weighted by atomic mass is 9.76. The van der Waals surface area contributed by atoms with Gasteiger partial charge in [0.2, 0.25) is 10.0 Å². The Morgan fingerprint density at radius 2 is 1.74 bits per heavy atom. The number of aliphatic carboxylic acids is 1. The molecule has 3 aromatic rings. The minimum absolute atomic E-state index is 0.0294. The van der Waals surface area contributed by atoms with E-state index in [4.69, 9.17) is 21.5 Å². The van der Waals surface area contributed by atoms with Crippen molar-refractivity contribution < 1.29 is 32.7 Å². The third-order valence-electron chi connectivity index (χ3n) is 7.75. The van der Waals surface area contributed by atoms with Crippen molar-refractivity contribution in [1.82, 2.24) is 15.1 Å². The van der Waals surface area contributed by atoms with E-state index in [-0.39, 0.29) is 18.9 Å². The number of carbonyl (C=O) groups is 3. The first-order valence-electron chi connectivity index (χ1n) is 13.9. The molecule has 2 aromatic carbocycles. The average Bonchev–Trinajstić information content (AvgIpc) is 3.39. The molecule has 1 aliphatic carbocycles. The molecule has 1 aliphatic heterocycles. The van der Waals surface area contributed by atoms with Gasteiger partial charge < -0.3 is 10.0 Å². The lowest BCUT2D eigenvalue weighted by Gasteiger charge is -2.49. The van der Waals surface area contributed by atoms with E-state index in [0.29, 0.717) is 39.4 Å². The van der Waals surface area contributed by atoms with Gasteiger partial charge in [0.05, 0.1) is 24.6 Å². The first kappa shape index (κ1) is 31.1. The summed E-state index contributed by atoms with van der Waals surface area (Å²) in [5.74, 6) is -2.58. The SMILES string of the molecule is CS(=O)(=O)N[C@H]1CCCC[C@@H]1N1C(=O)c2ccccc2[C@@H](C(=O)NOCc2ccc(CC(=O)O)s2)[C@@H]1c1ccc(Cl)cc1. The average molecular weight is 646 g/mol. The Morgan fingerprint density at radius 1 is 1.05 bits per heavy atom. The smallest absolute Gasteiger partial charge is 0.308 e. The zero-order valence-corrected chi connectivity index (χ0v) is 25.8. The number of halogens is 1. The Labute approximate surface area is 259 Å². The number of fused-ring (bicyclic) bond motifs is 1. The molecule has 0 bridgehead atoms. The second-order valence-corrected chi connectivity index (χ2v) is 14.3. The maximum atomic E-state index is 14.2. The standard InChI is InChI=1S/C30H32ClN3O7S2/c1-43(39,40)33-24-8-4-5-9-25(24)34-28(18-10-12-19(31)13-11-18)27(22-6-2-3-7-23(22)30(34)38)29(37)32-41-17-21-15-14-20(42-21)16-26(35)36/h2-3,6-7,10-15,24-25,27-28,33H,4-5,8-9,16-17H2,1H3,(H,32,37)(H,35,36)/t24-,25-,27+,28-/m0/s1. The first-order valence-corrected chi connectivity index (χ1v) is 17.0. The highest BCUT2D eigenvalue weighted by atomic mass is 35.5. The summed E-state index contributed by atoms with van der Waals surface area (Å²) >= 11 is 7.49. The molecular formula is C30H32ClN3O7S2. The number of hydrogen-bond donors (Lipinski definition) is 3. The third kappa shape index (κ3) is 7.27. The van der Waals surface area contributed by atoms with Crippen LogP contribution in [0.1, 0.15) is 68.9 Å². The number of nitrogens with one attached hydrogen (secondary N) is 2. The number of thiophene rings is 1. The molecule has 1 saturated carbocycles. The number of hydroxylamine groups is 1. The molecule has 3 N–H and O–H groups in total.